The van der Waals surface area contributed by atoms with Crippen molar-refractivity contribution in [2.24, 2.45) is 0 Å². The van der Waals surface area contributed by atoms with Crippen LogP contribution in [0.25, 0.3) is 6.08 Å². The van der Waals surface area contributed by atoms with Crippen LogP contribution in [0.1, 0.15) is 11.1 Å². The fourth-order valence-electron chi connectivity index (χ4n) is 2.92. The van der Waals surface area contributed by atoms with Gasteiger partial charge in [-0.05, 0) is 53.7 Å². The van der Waals surface area contributed by atoms with Crippen molar-refractivity contribution >= 4 is 46.3 Å². The third kappa shape index (κ3) is 4.25. The Labute approximate surface area is 181 Å². The number of carbonyl (C=O) groups is 2. The smallest absolute Gasteiger partial charge is 0.298 e. The Kier molecular flexibility index (Phi) is 5.88. The van der Waals surface area contributed by atoms with E-state index >= 15 is 0 Å². The number of nitrogens with zero attached hydrogens (tertiary/aromatic N) is 1. The summed E-state index contributed by atoms with van der Waals surface area (Å²) in [5.41, 5.74) is 1.82. The van der Waals surface area contributed by atoms with Gasteiger partial charge in [-0.2, -0.15) is 0 Å². The summed E-state index contributed by atoms with van der Waals surface area (Å²) in [4.78, 5) is 26.7. The second-order valence-corrected chi connectivity index (χ2v) is 7.82. The number of carbonyl (C=O) groups excluding carboxylic acids is 2. The maximum Gasteiger partial charge on any atom is 0.298 e. The minimum Gasteiger partial charge on any atom is -0.488 e. The van der Waals surface area contributed by atoms with Gasteiger partial charge in [0.15, 0.2) is 0 Å². The number of rotatable bonds is 5. The van der Waals surface area contributed by atoms with E-state index in [4.69, 9.17) is 16.3 Å². The predicted octanol–water partition coefficient (Wildman–Crippen LogP) is 6.30. The molecule has 1 fully saturated rings. The molecule has 7 heteroatoms. The number of amides is 2. The van der Waals surface area contributed by atoms with E-state index in [-0.39, 0.29) is 17.3 Å². The molecule has 1 heterocycles. The average molecular weight is 440 g/mol. The summed E-state index contributed by atoms with van der Waals surface area (Å²) in [6.45, 7) is 0.242. The van der Waals surface area contributed by atoms with Crippen molar-refractivity contribution in [3.05, 3.63) is 99.7 Å². The van der Waals surface area contributed by atoms with Crippen LogP contribution >= 0.6 is 23.4 Å². The average Bonchev–Trinajstić information content (AvgIpc) is 3.02. The SMILES string of the molecule is O=C1S/C(=C\c2ccccc2OCc2ccc(F)cc2)C(=O)N1c1ccccc1Cl. The van der Waals surface area contributed by atoms with Gasteiger partial charge >= 0.3 is 0 Å². The Morgan fingerprint density at radius 1 is 0.967 bits per heavy atom. The highest BCUT2D eigenvalue weighted by atomic mass is 35.5. The maximum absolute atomic E-state index is 13.1. The molecule has 0 atom stereocenters. The Morgan fingerprint density at radius 2 is 1.67 bits per heavy atom. The predicted molar refractivity (Wildman–Crippen MR) is 117 cm³/mol. The molecule has 0 aliphatic carbocycles. The molecule has 0 N–H and O–H groups in total. The van der Waals surface area contributed by atoms with E-state index in [0.717, 1.165) is 22.2 Å². The van der Waals surface area contributed by atoms with Crippen LogP contribution in [0.4, 0.5) is 14.9 Å². The first-order valence-corrected chi connectivity index (χ1v) is 10.2. The van der Waals surface area contributed by atoms with Gasteiger partial charge in [0.05, 0.1) is 15.6 Å². The van der Waals surface area contributed by atoms with E-state index in [1.54, 1.807) is 54.6 Å². The molecule has 2 amide bonds. The number of para-hydroxylation sites is 2. The summed E-state index contributed by atoms with van der Waals surface area (Å²) in [6.07, 6.45) is 1.63. The number of benzene rings is 3. The number of anilines is 1. The van der Waals surface area contributed by atoms with Crippen molar-refractivity contribution in [2.45, 2.75) is 6.61 Å². The summed E-state index contributed by atoms with van der Waals surface area (Å²) in [5, 5.41) is -0.0897. The number of ether oxygens (including phenoxy) is 1. The Morgan fingerprint density at radius 3 is 2.43 bits per heavy atom. The van der Waals surface area contributed by atoms with E-state index < -0.39 is 11.1 Å². The second kappa shape index (κ2) is 8.73. The molecule has 4 rings (SSSR count). The molecule has 30 heavy (non-hydrogen) atoms. The molecule has 0 spiro atoms. The van der Waals surface area contributed by atoms with Gasteiger partial charge < -0.3 is 4.74 Å². The number of thioether (sulfide) groups is 1. The molecule has 0 saturated carbocycles. The van der Waals surface area contributed by atoms with Crippen molar-refractivity contribution < 1.29 is 18.7 Å². The van der Waals surface area contributed by atoms with Crippen LogP contribution in [-0.2, 0) is 11.4 Å². The van der Waals surface area contributed by atoms with Gasteiger partial charge in [0, 0.05) is 5.56 Å². The number of imide groups is 1. The first-order valence-electron chi connectivity index (χ1n) is 9.02. The highest BCUT2D eigenvalue weighted by Crippen LogP contribution is 2.39. The molecule has 0 unspecified atom stereocenters. The van der Waals surface area contributed by atoms with Gasteiger partial charge in [0.2, 0.25) is 0 Å². The zero-order chi connectivity index (χ0) is 21.1. The van der Waals surface area contributed by atoms with Crippen LogP contribution in [0.3, 0.4) is 0 Å². The summed E-state index contributed by atoms with van der Waals surface area (Å²) in [7, 11) is 0. The highest BCUT2D eigenvalue weighted by Gasteiger charge is 2.37. The fraction of sp³-hybridized carbons (Fsp3) is 0.0435. The Bertz CT molecular complexity index is 1150. The standard InChI is InChI=1S/C23H15ClFNO3S/c24-18-6-2-3-7-19(18)26-22(27)21(30-23(26)28)13-16-5-1-4-8-20(16)29-14-15-9-11-17(25)12-10-15/h1-13H,14H2/b21-13-. The van der Waals surface area contributed by atoms with Crippen molar-refractivity contribution in [3.8, 4) is 5.75 Å². The van der Waals surface area contributed by atoms with E-state index in [1.165, 1.54) is 12.1 Å². The fourth-order valence-corrected chi connectivity index (χ4v) is 3.97. The molecular weight excluding hydrogens is 425 g/mol. The van der Waals surface area contributed by atoms with E-state index in [0.29, 0.717) is 22.0 Å². The number of halogens is 2. The first-order chi connectivity index (χ1) is 14.5. The topological polar surface area (TPSA) is 46.6 Å². The molecule has 150 valence electrons. The van der Waals surface area contributed by atoms with Crippen LogP contribution in [0, 0.1) is 5.82 Å². The van der Waals surface area contributed by atoms with Crippen LogP contribution in [0.5, 0.6) is 5.75 Å². The zero-order valence-corrected chi connectivity index (χ0v) is 17.1. The van der Waals surface area contributed by atoms with Crippen LogP contribution < -0.4 is 9.64 Å². The largest absolute Gasteiger partial charge is 0.488 e. The normalized spacial score (nSPS) is 15.1. The lowest BCUT2D eigenvalue weighted by Gasteiger charge is -2.13. The van der Waals surface area contributed by atoms with E-state index in [1.807, 2.05) is 12.1 Å². The van der Waals surface area contributed by atoms with Crippen molar-refractivity contribution in [3.63, 3.8) is 0 Å². The zero-order valence-electron chi connectivity index (χ0n) is 15.5. The van der Waals surface area contributed by atoms with Gasteiger partial charge in [0.1, 0.15) is 18.2 Å². The lowest BCUT2D eigenvalue weighted by atomic mass is 10.1. The van der Waals surface area contributed by atoms with Crippen molar-refractivity contribution in [2.75, 3.05) is 4.90 Å². The summed E-state index contributed by atoms with van der Waals surface area (Å²) < 4.78 is 18.9. The van der Waals surface area contributed by atoms with Crippen molar-refractivity contribution in [1.29, 1.82) is 0 Å². The molecule has 1 aliphatic heterocycles. The summed E-state index contributed by atoms with van der Waals surface area (Å²) in [6, 6.07) is 19.9. The second-order valence-electron chi connectivity index (χ2n) is 6.42. The van der Waals surface area contributed by atoms with Gasteiger partial charge in [-0.1, -0.05) is 54.1 Å². The molecule has 0 aromatic heterocycles. The monoisotopic (exact) mass is 439 g/mol. The van der Waals surface area contributed by atoms with E-state index in [2.05, 4.69) is 0 Å². The molecule has 3 aromatic carbocycles. The first kappa shape index (κ1) is 20.2. The molecule has 4 nitrogen and oxygen atoms in total. The summed E-state index contributed by atoms with van der Waals surface area (Å²) in [5.74, 6) is -0.203. The lowest BCUT2D eigenvalue weighted by Crippen LogP contribution is -2.27. The maximum atomic E-state index is 13.1. The minimum absolute atomic E-state index is 0.242. The Balaban J connectivity index is 1.58. The van der Waals surface area contributed by atoms with E-state index in [9.17, 15) is 14.0 Å². The van der Waals surface area contributed by atoms with Gasteiger partial charge in [0.25, 0.3) is 11.1 Å². The summed E-state index contributed by atoms with van der Waals surface area (Å²) >= 11 is 7.01. The molecule has 3 aromatic rings. The molecular formula is C23H15ClFNO3S. The van der Waals surface area contributed by atoms with Crippen molar-refractivity contribution in [1.82, 2.24) is 0 Å². The molecule has 1 aliphatic rings. The van der Waals surface area contributed by atoms with Crippen LogP contribution in [0.15, 0.2) is 77.7 Å². The molecule has 1 saturated heterocycles. The highest BCUT2D eigenvalue weighted by molar-refractivity contribution is 8.19. The van der Waals surface area contributed by atoms with Crippen LogP contribution in [-0.4, -0.2) is 11.1 Å². The molecule has 0 radical (unpaired) electrons. The number of hydrogen-bond acceptors (Lipinski definition) is 4. The lowest BCUT2D eigenvalue weighted by molar-refractivity contribution is -0.113. The van der Waals surface area contributed by atoms with Gasteiger partial charge in [-0.25, -0.2) is 9.29 Å². The quantitative estimate of drug-likeness (QED) is 0.438. The van der Waals surface area contributed by atoms with Gasteiger partial charge in [-0.15, -0.1) is 0 Å². The van der Waals surface area contributed by atoms with Gasteiger partial charge in [-0.3, -0.25) is 9.59 Å². The molecule has 0 bridgehead atoms. The Hall–Kier alpha value is -3.09. The minimum atomic E-state index is -0.438. The third-order valence-corrected chi connectivity index (χ3v) is 5.59. The number of hydrogen-bond donors (Lipinski definition) is 0. The van der Waals surface area contributed by atoms with Crippen LogP contribution in [0.2, 0.25) is 5.02 Å². The third-order valence-electron chi connectivity index (χ3n) is 4.40.